The third-order valence-electron chi connectivity index (χ3n) is 3.47. The number of benzene rings is 1. The lowest BCUT2D eigenvalue weighted by molar-refractivity contribution is 0.0600. The van der Waals surface area contributed by atoms with Crippen LogP contribution in [0.4, 0.5) is 5.69 Å². The van der Waals surface area contributed by atoms with Gasteiger partial charge in [0.1, 0.15) is 0 Å². The van der Waals surface area contributed by atoms with Gasteiger partial charge in [-0.15, -0.1) is 0 Å². The van der Waals surface area contributed by atoms with E-state index in [0.29, 0.717) is 11.5 Å². The first-order chi connectivity index (χ1) is 8.63. The van der Waals surface area contributed by atoms with E-state index < -0.39 is 0 Å². The van der Waals surface area contributed by atoms with E-state index in [4.69, 9.17) is 4.74 Å². The predicted molar refractivity (Wildman–Crippen MR) is 75.1 cm³/mol. The van der Waals surface area contributed by atoms with E-state index in [1.807, 2.05) is 19.1 Å². The van der Waals surface area contributed by atoms with Crippen molar-refractivity contribution in [1.82, 2.24) is 0 Å². The third-order valence-corrected chi connectivity index (χ3v) is 3.47. The van der Waals surface area contributed by atoms with Crippen LogP contribution in [0.25, 0.3) is 0 Å². The Morgan fingerprint density at radius 3 is 2.56 bits per heavy atom. The maximum Gasteiger partial charge on any atom is 0.338 e. The van der Waals surface area contributed by atoms with Crippen molar-refractivity contribution in [3.8, 4) is 0 Å². The van der Waals surface area contributed by atoms with Crippen molar-refractivity contribution >= 4 is 11.7 Å². The number of esters is 1. The highest BCUT2D eigenvalue weighted by molar-refractivity contribution is 5.92. The fourth-order valence-electron chi connectivity index (χ4n) is 1.99. The van der Waals surface area contributed by atoms with Gasteiger partial charge >= 0.3 is 5.97 Å². The van der Waals surface area contributed by atoms with Crippen molar-refractivity contribution < 1.29 is 9.53 Å². The Kier molecular flexibility index (Phi) is 5.69. The Labute approximate surface area is 110 Å². The molecule has 0 aliphatic rings. The average Bonchev–Trinajstić information content (AvgIpc) is 2.40. The van der Waals surface area contributed by atoms with Crippen molar-refractivity contribution in [3.63, 3.8) is 0 Å². The maximum atomic E-state index is 11.6. The molecule has 1 rings (SSSR count). The molecule has 0 aliphatic carbocycles. The van der Waals surface area contributed by atoms with Crippen LogP contribution >= 0.6 is 0 Å². The first-order valence-corrected chi connectivity index (χ1v) is 6.55. The first-order valence-electron chi connectivity index (χ1n) is 6.55. The van der Waals surface area contributed by atoms with Crippen molar-refractivity contribution in [2.75, 3.05) is 19.0 Å². The van der Waals surface area contributed by atoms with E-state index in [1.165, 1.54) is 20.0 Å². The molecular weight excluding hydrogens is 226 g/mol. The highest BCUT2D eigenvalue weighted by atomic mass is 16.5. The lowest BCUT2D eigenvalue weighted by Crippen LogP contribution is -2.14. The van der Waals surface area contributed by atoms with Gasteiger partial charge in [0.2, 0.25) is 0 Å². The second kappa shape index (κ2) is 7.04. The zero-order valence-corrected chi connectivity index (χ0v) is 11.7. The van der Waals surface area contributed by atoms with Gasteiger partial charge in [0.05, 0.1) is 12.7 Å². The summed E-state index contributed by atoms with van der Waals surface area (Å²) in [6.45, 7) is 7.29. The second-order valence-corrected chi connectivity index (χ2v) is 4.53. The molecule has 0 atom stereocenters. The molecule has 0 saturated heterocycles. The smallest absolute Gasteiger partial charge is 0.338 e. The van der Waals surface area contributed by atoms with E-state index in [2.05, 4.69) is 19.2 Å². The standard InChI is InChI=1S/C15H23NO2/c1-5-12(6-2)10-16-14-9-7-8-13(11(14)3)15(17)18-4/h7-9,12,16H,5-6,10H2,1-4H3. The van der Waals surface area contributed by atoms with Gasteiger partial charge in [0.15, 0.2) is 0 Å². The molecule has 0 aliphatic heterocycles. The molecule has 0 amide bonds. The Bertz CT molecular complexity index is 397. The highest BCUT2D eigenvalue weighted by Crippen LogP contribution is 2.20. The van der Waals surface area contributed by atoms with E-state index in [9.17, 15) is 4.79 Å². The minimum absolute atomic E-state index is 0.279. The second-order valence-electron chi connectivity index (χ2n) is 4.53. The fourth-order valence-corrected chi connectivity index (χ4v) is 1.99. The Balaban J connectivity index is 2.81. The summed E-state index contributed by atoms with van der Waals surface area (Å²) in [5.41, 5.74) is 2.60. The van der Waals surface area contributed by atoms with Crippen LogP contribution < -0.4 is 5.32 Å². The van der Waals surface area contributed by atoms with Crippen molar-refractivity contribution in [3.05, 3.63) is 29.3 Å². The van der Waals surface area contributed by atoms with Crippen LogP contribution in [0, 0.1) is 12.8 Å². The van der Waals surface area contributed by atoms with E-state index in [0.717, 1.165) is 17.8 Å². The summed E-state index contributed by atoms with van der Waals surface area (Å²) in [5, 5.41) is 3.43. The van der Waals surface area contributed by atoms with Crippen molar-refractivity contribution in [2.45, 2.75) is 33.6 Å². The molecule has 0 unspecified atom stereocenters. The molecule has 1 aromatic rings. The molecule has 100 valence electrons. The van der Waals surface area contributed by atoms with Gasteiger partial charge in [-0.05, 0) is 30.5 Å². The Morgan fingerprint density at radius 1 is 1.33 bits per heavy atom. The summed E-state index contributed by atoms with van der Waals surface area (Å²) in [5.74, 6) is 0.393. The van der Waals surface area contributed by atoms with Crippen molar-refractivity contribution in [1.29, 1.82) is 0 Å². The molecule has 0 radical (unpaired) electrons. The van der Waals surface area contributed by atoms with Gasteiger partial charge in [-0.25, -0.2) is 4.79 Å². The molecule has 0 bridgehead atoms. The highest BCUT2D eigenvalue weighted by Gasteiger charge is 2.12. The molecule has 1 aromatic carbocycles. The van der Waals surface area contributed by atoms with Crippen LogP contribution in [0.5, 0.6) is 0 Å². The Morgan fingerprint density at radius 2 is 2.00 bits per heavy atom. The largest absolute Gasteiger partial charge is 0.465 e. The number of nitrogens with one attached hydrogen (secondary N) is 1. The number of hydrogen-bond donors (Lipinski definition) is 1. The van der Waals surface area contributed by atoms with Gasteiger partial charge in [-0.3, -0.25) is 0 Å². The Hall–Kier alpha value is -1.51. The van der Waals surface area contributed by atoms with Gasteiger partial charge in [-0.1, -0.05) is 32.8 Å². The van der Waals surface area contributed by atoms with Crippen LogP contribution in [0.15, 0.2) is 18.2 Å². The normalized spacial score (nSPS) is 10.5. The molecule has 3 heteroatoms. The predicted octanol–water partition coefficient (Wildman–Crippen LogP) is 3.63. The summed E-state index contributed by atoms with van der Waals surface area (Å²) in [7, 11) is 1.41. The summed E-state index contributed by atoms with van der Waals surface area (Å²) in [6.07, 6.45) is 2.33. The average molecular weight is 249 g/mol. The maximum absolute atomic E-state index is 11.6. The monoisotopic (exact) mass is 249 g/mol. The number of hydrogen-bond acceptors (Lipinski definition) is 3. The van der Waals surface area contributed by atoms with Crippen molar-refractivity contribution in [2.24, 2.45) is 5.92 Å². The van der Waals surface area contributed by atoms with Gasteiger partial charge in [-0.2, -0.15) is 0 Å². The molecule has 0 spiro atoms. The third kappa shape index (κ3) is 3.49. The minimum Gasteiger partial charge on any atom is -0.465 e. The molecule has 0 fully saturated rings. The first kappa shape index (κ1) is 14.6. The van der Waals surface area contributed by atoms with E-state index in [1.54, 1.807) is 6.07 Å². The number of carbonyl (C=O) groups is 1. The SMILES string of the molecule is CCC(CC)CNc1cccc(C(=O)OC)c1C. The zero-order valence-electron chi connectivity index (χ0n) is 11.7. The number of methoxy groups -OCH3 is 1. The molecule has 3 nitrogen and oxygen atoms in total. The molecule has 18 heavy (non-hydrogen) atoms. The van der Waals surface area contributed by atoms with Gasteiger partial charge < -0.3 is 10.1 Å². The summed E-state index contributed by atoms with van der Waals surface area (Å²) in [4.78, 5) is 11.6. The topological polar surface area (TPSA) is 38.3 Å². The molecular formula is C15H23NO2. The van der Waals surface area contributed by atoms with Crippen LogP contribution in [0.3, 0.4) is 0 Å². The van der Waals surface area contributed by atoms with Crippen LogP contribution in [-0.2, 0) is 4.74 Å². The molecule has 1 N–H and O–H groups in total. The summed E-state index contributed by atoms with van der Waals surface area (Å²) >= 11 is 0. The van der Waals surface area contributed by atoms with E-state index in [-0.39, 0.29) is 5.97 Å². The minimum atomic E-state index is -0.279. The van der Waals surface area contributed by atoms with Gasteiger partial charge in [0.25, 0.3) is 0 Å². The fraction of sp³-hybridized carbons (Fsp3) is 0.533. The number of carbonyl (C=O) groups excluding carboxylic acids is 1. The van der Waals surface area contributed by atoms with Crippen LogP contribution in [0.1, 0.15) is 42.6 Å². The quantitative estimate of drug-likeness (QED) is 0.782. The summed E-state index contributed by atoms with van der Waals surface area (Å²) < 4.78 is 4.77. The van der Waals surface area contributed by atoms with E-state index >= 15 is 0 Å². The molecule has 0 saturated carbocycles. The van der Waals surface area contributed by atoms with Crippen LogP contribution in [-0.4, -0.2) is 19.6 Å². The van der Waals surface area contributed by atoms with Gasteiger partial charge in [0, 0.05) is 12.2 Å². The van der Waals surface area contributed by atoms with Crippen LogP contribution in [0.2, 0.25) is 0 Å². The number of rotatable bonds is 6. The zero-order chi connectivity index (χ0) is 13.5. The lowest BCUT2D eigenvalue weighted by atomic mass is 10.0. The molecule has 0 aromatic heterocycles. The number of ether oxygens (including phenoxy) is 1. The number of anilines is 1. The summed E-state index contributed by atoms with van der Waals surface area (Å²) in [6, 6.07) is 5.68. The molecule has 0 heterocycles. The lowest BCUT2D eigenvalue weighted by Gasteiger charge is -2.17.